The van der Waals surface area contributed by atoms with Gasteiger partial charge < -0.3 is 10.4 Å². The minimum absolute atomic E-state index is 0.205. The number of benzene rings is 1. The summed E-state index contributed by atoms with van der Waals surface area (Å²) in [5.74, 6) is 0.142. The molecule has 0 aliphatic heterocycles. The van der Waals surface area contributed by atoms with E-state index in [1.807, 2.05) is 0 Å². The van der Waals surface area contributed by atoms with Crippen molar-refractivity contribution in [1.82, 2.24) is 0 Å². The normalized spacial score (nSPS) is 34.6. The Morgan fingerprint density at radius 1 is 1.05 bits per heavy atom. The fraction of sp³-hybridized carbons (Fsp3) is 0.625. The summed E-state index contributed by atoms with van der Waals surface area (Å²) >= 11 is 0. The molecule has 1 aromatic carbocycles. The van der Waals surface area contributed by atoms with Crippen LogP contribution in [0.3, 0.4) is 0 Å². The van der Waals surface area contributed by atoms with Crippen LogP contribution in [0.25, 0.3) is 0 Å². The SMILES string of the molecule is OC12CCCCC1C(Nc1ccc(F)cc1)CCC2. The van der Waals surface area contributed by atoms with Gasteiger partial charge in [0.05, 0.1) is 5.60 Å². The molecule has 0 aromatic heterocycles. The van der Waals surface area contributed by atoms with Crippen LogP contribution in [0.2, 0.25) is 0 Å². The molecule has 104 valence electrons. The topological polar surface area (TPSA) is 32.3 Å². The van der Waals surface area contributed by atoms with Crippen LogP contribution < -0.4 is 5.32 Å². The first-order chi connectivity index (χ1) is 9.17. The lowest BCUT2D eigenvalue weighted by molar-refractivity contribution is -0.0793. The number of aliphatic hydroxyl groups is 1. The van der Waals surface area contributed by atoms with E-state index in [2.05, 4.69) is 5.32 Å². The molecule has 0 bridgehead atoms. The monoisotopic (exact) mass is 263 g/mol. The van der Waals surface area contributed by atoms with Crippen molar-refractivity contribution in [3.8, 4) is 0 Å². The second-order valence-corrected chi connectivity index (χ2v) is 6.11. The Bertz CT molecular complexity index is 429. The van der Waals surface area contributed by atoms with Crippen LogP contribution in [-0.4, -0.2) is 16.7 Å². The first-order valence-corrected chi connectivity index (χ1v) is 7.42. The van der Waals surface area contributed by atoms with E-state index >= 15 is 0 Å². The molecule has 19 heavy (non-hydrogen) atoms. The van der Waals surface area contributed by atoms with E-state index in [1.165, 1.54) is 18.6 Å². The zero-order valence-corrected chi connectivity index (χ0v) is 11.2. The molecule has 3 unspecified atom stereocenters. The van der Waals surface area contributed by atoms with Crippen molar-refractivity contribution < 1.29 is 9.50 Å². The van der Waals surface area contributed by atoms with Crippen LogP contribution in [0.15, 0.2) is 24.3 Å². The second kappa shape index (κ2) is 5.12. The molecule has 2 N–H and O–H groups in total. The summed E-state index contributed by atoms with van der Waals surface area (Å²) in [6.45, 7) is 0. The maximum absolute atomic E-state index is 12.9. The molecule has 0 radical (unpaired) electrons. The number of hydrogen-bond acceptors (Lipinski definition) is 2. The standard InChI is InChI=1S/C16H22FNO/c17-12-6-8-13(9-7-12)18-15-5-3-11-16(19)10-2-1-4-14(15)16/h6-9,14-15,18-19H,1-5,10-11H2. The van der Waals surface area contributed by atoms with Crippen molar-refractivity contribution in [2.75, 3.05) is 5.32 Å². The number of hydrogen-bond donors (Lipinski definition) is 2. The van der Waals surface area contributed by atoms with Crippen molar-refractivity contribution in [2.45, 2.75) is 56.6 Å². The van der Waals surface area contributed by atoms with Crippen molar-refractivity contribution in [3.05, 3.63) is 30.1 Å². The average molecular weight is 263 g/mol. The minimum atomic E-state index is -0.464. The highest BCUT2D eigenvalue weighted by molar-refractivity contribution is 5.44. The minimum Gasteiger partial charge on any atom is -0.390 e. The third-order valence-corrected chi connectivity index (χ3v) is 4.87. The highest BCUT2D eigenvalue weighted by Gasteiger charge is 2.45. The van der Waals surface area contributed by atoms with E-state index in [9.17, 15) is 9.50 Å². The third-order valence-electron chi connectivity index (χ3n) is 4.87. The Hall–Kier alpha value is -1.09. The molecule has 2 aliphatic rings. The molecular weight excluding hydrogens is 241 g/mol. The number of fused-ring (bicyclic) bond motifs is 1. The van der Waals surface area contributed by atoms with E-state index in [0.717, 1.165) is 44.2 Å². The van der Waals surface area contributed by atoms with Gasteiger partial charge in [0.1, 0.15) is 5.82 Å². The molecular formula is C16H22FNO. The van der Waals surface area contributed by atoms with E-state index < -0.39 is 5.60 Å². The maximum Gasteiger partial charge on any atom is 0.123 e. The molecule has 2 saturated carbocycles. The Morgan fingerprint density at radius 2 is 1.79 bits per heavy atom. The van der Waals surface area contributed by atoms with Gasteiger partial charge in [-0.05, 0) is 56.4 Å². The van der Waals surface area contributed by atoms with Gasteiger partial charge in [-0.1, -0.05) is 12.8 Å². The van der Waals surface area contributed by atoms with Crippen molar-refractivity contribution >= 4 is 5.69 Å². The first-order valence-electron chi connectivity index (χ1n) is 7.42. The highest BCUT2D eigenvalue weighted by Crippen LogP contribution is 2.44. The fourth-order valence-corrected chi connectivity index (χ4v) is 3.90. The van der Waals surface area contributed by atoms with E-state index in [0.29, 0.717) is 12.0 Å². The molecule has 2 aliphatic carbocycles. The van der Waals surface area contributed by atoms with Crippen molar-refractivity contribution in [1.29, 1.82) is 0 Å². The van der Waals surface area contributed by atoms with Gasteiger partial charge in [-0.2, -0.15) is 0 Å². The Morgan fingerprint density at radius 3 is 2.58 bits per heavy atom. The van der Waals surface area contributed by atoms with Gasteiger partial charge in [-0.3, -0.25) is 0 Å². The molecule has 3 rings (SSSR count). The Balaban J connectivity index is 1.74. The van der Waals surface area contributed by atoms with Gasteiger partial charge in [0.15, 0.2) is 0 Å². The predicted octanol–water partition coefficient (Wildman–Crippen LogP) is 3.71. The lowest BCUT2D eigenvalue weighted by Gasteiger charge is -2.48. The molecule has 3 atom stereocenters. The molecule has 2 fully saturated rings. The van der Waals surface area contributed by atoms with Gasteiger partial charge in [-0.15, -0.1) is 0 Å². The Kier molecular flexibility index (Phi) is 3.48. The average Bonchev–Trinajstić information content (AvgIpc) is 2.41. The zero-order chi connectivity index (χ0) is 13.3. The predicted molar refractivity (Wildman–Crippen MR) is 74.6 cm³/mol. The van der Waals surface area contributed by atoms with Crippen LogP contribution in [0.5, 0.6) is 0 Å². The summed E-state index contributed by atoms with van der Waals surface area (Å²) < 4.78 is 12.9. The largest absolute Gasteiger partial charge is 0.390 e. The van der Waals surface area contributed by atoms with Crippen LogP contribution >= 0.6 is 0 Å². The van der Waals surface area contributed by atoms with Crippen LogP contribution in [0.1, 0.15) is 44.9 Å². The number of rotatable bonds is 2. The molecule has 0 heterocycles. The van der Waals surface area contributed by atoms with Crippen molar-refractivity contribution in [3.63, 3.8) is 0 Å². The lowest BCUT2D eigenvalue weighted by atomic mass is 9.65. The molecule has 1 aromatic rings. The molecule has 0 amide bonds. The van der Waals surface area contributed by atoms with Gasteiger partial charge in [0.2, 0.25) is 0 Å². The van der Waals surface area contributed by atoms with Crippen LogP contribution in [0, 0.1) is 11.7 Å². The summed E-state index contributed by atoms with van der Waals surface area (Å²) in [6, 6.07) is 6.86. The summed E-state index contributed by atoms with van der Waals surface area (Å²) in [4.78, 5) is 0. The maximum atomic E-state index is 12.9. The summed E-state index contributed by atoms with van der Waals surface area (Å²) in [5.41, 5.74) is 0.495. The first kappa shape index (κ1) is 12.9. The van der Waals surface area contributed by atoms with Crippen LogP contribution in [0.4, 0.5) is 10.1 Å². The van der Waals surface area contributed by atoms with Crippen LogP contribution in [-0.2, 0) is 0 Å². The van der Waals surface area contributed by atoms with Gasteiger partial charge in [0, 0.05) is 17.6 Å². The van der Waals surface area contributed by atoms with Crippen molar-refractivity contribution in [2.24, 2.45) is 5.92 Å². The number of anilines is 1. The van der Waals surface area contributed by atoms with E-state index in [1.54, 1.807) is 12.1 Å². The fourth-order valence-electron chi connectivity index (χ4n) is 3.90. The van der Waals surface area contributed by atoms with E-state index in [-0.39, 0.29) is 5.82 Å². The Labute approximate surface area is 114 Å². The molecule has 0 saturated heterocycles. The number of nitrogens with one attached hydrogen (secondary N) is 1. The summed E-state index contributed by atoms with van der Waals surface area (Å²) in [5, 5.41) is 14.3. The quantitative estimate of drug-likeness (QED) is 0.852. The lowest BCUT2D eigenvalue weighted by Crippen LogP contribution is -2.52. The molecule has 2 nitrogen and oxygen atoms in total. The smallest absolute Gasteiger partial charge is 0.123 e. The third kappa shape index (κ3) is 2.62. The molecule has 0 spiro atoms. The second-order valence-electron chi connectivity index (χ2n) is 6.11. The van der Waals surface area contributed by atoms with Gasteiger partial charge in [0.25, 0.3) is 0 Å². The summed E-state index contributed by atoms with van der Waals surface area (Å²) in [6.07, 6.45) is 7.54. The summed E-state index contributed by atoms with van der Waals surface area (Å²) in [7, 11) is 0. The highest BCUT2D eigenvalue weighted by atomic mass is 19.1. The van der Waals surface area contributed by atoms with E-state index in [4.69, 9.17) is 0 Å². The number of halogens is 1. The van der Waals surface area contributed by atoms with Gasteiger partial charge in [-0.25, -0.2) is 4.39 Å². The zero-order valence-electron chi connectivity index (χ0n) is 11.2. The van der Waals surface area contributed by atoms with Gasteiger partial charge >= 0.3 is 0 Å². The molecule has 3 heteroatoms.